The summed E-state index contributed by atoms with van der Waals surface area (Å²) in [5.74, 6) is -0.222. The molecule has 2 N–H and O–H groups in total. The molecular weight excluding hydrogens is 515 g/mol. The van der Waals surface area contributed by atoms with Crippen molar-refractivity contribution in [3.05, 3.63) is 94.3 Å². The lowest BCUT2D eigenvalue weighted by molar-refractivity contribution is -0.115. The molecule has 0 saturated heterocycles. The number of allylic oxidation sites excluding steroid dienone is 1. The van der Waals surface area contributed by atoms with E-state index in [-0.39, 0.29) is 28.9 Å². The zero-order chi connectivity index (χ0) is 27.5. The van der Waals surface area contributed by atoms with Gasteiger partial charge in [0.05, 0.1) is 11.3 Å². The fourth-order valence-electron chi connectivity index (χ4n) is 6.24. The summed E-state index contributed by atoms with van der Waals surface area (Å²) in [6.45, 7) is 0. The number of benzene rings is 3. The van der Waals surface area contributed by atoms with E-state index in [9.17, 15) is 22.4 Å². The number of sulfone groups is 1. The second-order valence-electron chi connectivity index (χ2n) is 11.1. The molecule has 6 nitrogen and oxygen atoms in total. The Morgan fingerprint density at radius 3 is 2.28 bits per heavy atom. The molecule has 7 rings (SSSR count). The highest BCUT2D eigenvalue weighted by molar-refractivity contribution is 7.89. The van der Waals surface area contributed by atoms with Gasteiger partial charge in [-0.25, -0.2) is 12.8 Å². The van der Waals surface area contributed by atoms with E-state index in [4.69, 9.17) is 0 Å². The summed E-state index contributed by atoms with van der Waals surface area (Å²) >= 11 is 0. The van der Waals surface area contributed by atoms with Crippen LogP contribution in [0.15, 0.2) is 60.7 Å². The van der Waals surface area contributed by atoms with Crippen molar-refractivity contribution in [3.8, 4) is 11.1 Å². The van der Waals surface area contributed by atoms with E-state index in [0.717, 1.165) is 41.9 Å². The first-order valence-corrected chi connectivity index (χ1v) is 15.1. The maximum atomic E-state index is 13.6. The number of hydrogen-bond donors (Lipinski definition) is 2. The van der Waals surface area contributed by atoms with E-state index >= 15 is 0 Å². The molecule has 3 fully saturated rings. The van der Waals surface area contributed by atoms with Crippen molar-refractivity contribution in [2.75, 3.05) is 13.3 Å². The Morgan fingerprint density at radius 2 is 1.67 bits per heavy atom. The number of hydrogen-bond acceptors (Lipinski definition) is 4. The third-order valence-corrected chi connectivity index (χ3v) is 9.02. The molecule has 8 heteroatoms. The van der Waals surface area contributed by atoms with Gasteiger partial charge in [0.1, 0.15) is 5.82 Å². The highest BCUT2D eigenvalue weighted by atomic mass is 32.2. The summed E-state index contributed by atoms with van der Waals surface area (Å²) in [6, 6.07) is 16.9. The molecular formula is C31H29FN2O4S. The second kappa shape index (κ2) is 9.16. The summed E-state index contributed by atoms with van der Waals surface area (Å²) in [5.41, 5.74) is 5.89. The third kappa shape index (κ3) is 4.67. The molecule has 4 aliphatic carbocycles. The van der Waals surface area contributed by atoms with Gasteiger partial charge in [-0.1, -0.05) is 30.3 Å². The molecule has 0 atom stereocenters. The first kappa shape index (κ1) is 25.5. The van der Waals surface area contributed by atoms with Crippen molar-refractivity contribution in [1.82, 2.24) is 10.6 Å². The van der Waals surface area contributed by atoms with Crippen LogP contribution in [-0.4, -0.2) is 39.1 Å². The highest BCUT2D eigenvalue weighted by Gasteiger charge is 2.57. The van der Waals surface area contributed by atoms with Crippen LogP contribution in [-0.2, 0) is 26.8 Å². The fourth-order valence-corrected chi connectivity index (χ4v) is 7.04. The maximum Gasteiger partial charge on any atom is 0.251 e. The van der Waals surface area contributed by atoms with Crippen molar-refractivity contribution >= 4 is 32.8 Å². The minimum Gasteiger partial charge on any atom is -0.355 e. The smallest absolute Gasteiger partial charge is 0.251 e. The van der Waals surface area contributed by atoms with Gasteiger partial charge >= 0.3 is 0 Å². The molecule has 0 aromatic heterocycles. The monoisotopic (exact) mass is 544 g/mol. The molecule has 3 aromatic rings. The van der Waals surface area contributed by atoms with E-state index < -0.39 is 9.84 Å². The molecule has 39 heavy (non-hydrogen) atoms. The number of rotatable bonds is 7. The van der Waals surface area contributed by atoms with Crippen LogP contribution in [0.3, 0.4) is 0 Å². The SMILES string of the molecule is CNC(=O)C1=C(c2ccc(F)cc2)Cc2cc(CS(C)(=O)=O)c(-c3cccc(C(=O)NC45CC(C4)C5)c3)cc21. The van der Waals surface area contributed by atoms with Gasteiger partial charge in [-0.05, 0) is 101 Å². The second-order valence-corrected chi connectivity index (χ2v) is 13.3. The number of halogens is 1. The van der Waals surface area contributed by atoms with Crippen molar-refractivity contribution < 1.29 is 22.4 Å². The van der Waals surface area contributed by atoms with Crippen LogP contribution >= 0.6 is 0 Å². The minimum absolute atomic E-state index is 0.0588. The van der Waals surface area contributed by atoms with E-state index in [1.165, 1.54) is 18.4 Å². The Kier molecular flexibility index (Phi) is 5.99. The largest absolute Gasteiger partial charge is 0.355 e. The summed E-state index contributed by atoms with van der Waals surface area (Å²) in [6.07, 6.45) is 4.70. The molecule has 0 radical (unpaired) electrons. The summed E-state index contributed by atoms with van der Waals surface area (Å²) in [5, 5.41) is 5.90. The Balaban J connectivity index is 1.46. The predicted molar refractivity (Wildman–Crippen MR) is 149 cm³/mol. The van der Waals surface area contributed by atoms with E-state index in [1.54, 1.807) is 37.4 Å². The Hall–Kier alpha value is -3.78. The first-order valence-electron chi connectivity index (χ1n) is 13.0. The zero-order valence-corrected chi connectivity index (χ0v) is 22.6. The third-order valence-electron chi connectivity index (χ3n) is 8.18. The van der Waals surface area contributed by atoms with Crippen molar-refractivity contribution in [2.24, 2.45) is 5.92 Å². The van der Waals surface area contributed by atoms with Crippen molar-refractivity contribution in [1.29, 1.82) is 0 Å². The Morgan fingerprint density at radius 1 is 0.949 bits per heavy atom. The average molecular weight is 545 g/mol. The number of fused-ring (bicyclic) bond motifs is 1. The standard InChI is InChI=1S/C31H29FN2O4S/c1-33-30(36)28-26(19-6-8-24(32)9-7-19)12-22-11-23(17-39(2,37)38)25(13-27(22)28)20-4-3-5-21(10-20)29(35)34-31-14-18(15-31)16-31/h3-11,13,18H,12,14-17H2,1-2H3,(H,33,36)(H,34,35). The summed E-state index contributed by atoms with van der Waals surface area (Å²) in [7, 11) is -1.83. The van der Waals surface area contributed by atoms with Gasteiger partial charge in [0.25, 0.3) is 11.8 Å². The molecule has 4 aliphatic rings. The molecule has 0 aliphatic heterocycles. The number of carbonyl (C=O) groups excluding carboxylic acids is 2. The molecule has 3 aromatic carbocycles. The van der Waals surface area contributed by atoms with E-state index in [1.807, 2.05) is 18.2 Å². The van der Waals surface area contributed by atoms with Gasteiger partial charge in [0, 0.05) is 24.4 Å². The van der Waals surface area contributed by atoms with E-state index in [0.29, 0.717) is 39.8 Å². The Labute approximate surface area is 227 Å². The molecule has 2 amide bonds. The quantitative estimate of drug-likeness (QED) is 0.457. The fraction of sp³-hybridized carbons (Fsp3) is 0.290. The van der Waals surface area contributed by atoms with Gasteiger partial charge in [0.2, 0.25) is 0 Å². The van der Waals surface area contributed by atoms with Gasteiger partial charge in [0.15, 0.2) is 9.84 Å². The Bertz CT molecular complexity index is 1660. The minimum atomic E-state index is -3.38. The molecule has 200 valence electrons. The zero-order valence-electron chi connectivity index (χ0n) is 21.8. The highest BCUT2D eigenvalue weighted by Crippen LogP contribution is 2.57. The first-order chi connectivity index (χ1) is 18.5. The van der Waals surface area contributed by atoms with E-state index in [2.05, 4.69) is 10.6 Å². The van der Waals surface area contributed by atoms with Gasteiger partial charge in [-0.15, -0.1) is 0 Å². The lowest BCUT2D eigenvalue weighted by Crippen LogP contribution is -2.68. The molecule has 0 heterocycles. The van der Waals surface area contributed by atoms with Crippen LogP contribution in [0.25, 0.3) is 22.3 Å². The van der Waals surface area contributed by atoms with Crippen LogP contribution in [0, 0.1) is 11.7 Å². The van der Waals surface area contributed by atoms with Gasteiger partial charge < -0.3 is 10.6 Å². The van der Waals surface area contributed by atoms with Crippen LogP contribution < -0.4 is 10.6 Å². The number of likely N-dealkylation sites (N-methyl/N-ethyl adjacent to an activating group) is 1. The number of amides is 2. The molecule has 2 bridgehead atoms. The summed E-state index contributed by atoms with van der Waals surface area (Å²) in [4.78, 5) is 26.2. The average Bonchev–Trinajstić information content (AvgIpc) is 3.22. The van der Waals surface area contributed by atoms with Crippen LogP contribution in [0.4, 0.5) is 4.39 Å². The number of carbonyl (C=O) groups is 2. The maximum absolute atomic E-state index is 13.6. The topological polar surface area (TPSA) is 92.3 Å². The van der Waals surface area contributed by atoms with Gasteiger partial charge in [-0.3, -0.25) is 9.59 Å². The van der Waals surface area contributed by atoms with Crippen molar-refractivity contribution in [2.45, 2.75) is 37.0 Å². The normalized spacial score (nSPS) is 21.1. The van der Waals surface area contributed by atoms with Crippen LogP contribution in [0.1, 0.15) is 51.9 Å². The number of nitrogens with one attached hydrogen (secondary N) is 2. The van der Waals surface area contributed by atoms with Crippen LogP contribution in [0.5, 0.6) is 0 Å². The molecule has 0 unspecified atom stereocenters. The predicted octanol–water partition coefficient (Wildman–Crippen LogP) is 4.53. The lowest BCUT2D eigenvalue weighted by Gasteiger charge is -2.61. The lowest BCUT2D eigenvalue weighted by atomic mass is 9.50. The summed E-state index contributed by atoms with van der Waals surface area (Å²) < 4.78 is 38.5. The molecule has 0 spiro atoms. The van der Waals surface area contributed by atoms with Crippen molar-refractivity contribution in [3.63, 3.8) is 0 Å². The van der Waals surface area contributed by atoms with Gasteiger partial charge in [-0.2, -0.15) is 0 Å². The molecule has 3 saturated carbocycles. The van der Waals surface area contributed by atoms with Crippen LogP contribution in [0.2, 0.25) is 0 Å².